The number of nitrogens with one attached hydrogen (secondary N) is 2. The predicted octanol–water partition coefficient (Wildman–Crippen LogP) is 4.93. The molecule has 1 aromatic heterocycles. The van der Waals surface area contributed by atoms with E-state index in [2.05, 4.69) is 16.0 Å². The molecule has 4 N–H and O–H groups in total. The van der Waals surface area contributed by atoms with Crippen LogP contribution in [0.3, 0.4) is 0 Å². The maximum Gasteiger partial charge on any atom is 0.182 e. The topological polar surface area (TPSA) is 72.0 Å². The van der Waals surface area contributed by atoms with E-state index in [-0.39, 0.29) is 11.5 Å². The van der Waals surface area contributed by atoms with Crippen LogP contribution in [-0.4, -0.2) is 20.2 Å². The van der Waals surface area contributed by atoms with Crippen LogP contribution in [0.5, 0.6) is 11.5 Å². The fraction of sp³-hybridized carbons (Fsp3) is 0. The molecule has 24 heavy (non-hydrogen) atoms. The average Bonchev–Trinajstić information content (AvgIpc) is 2.60. The quantitative estimate of drug-likeness (QED) is 0.306. The maximum absolute atomic E-state index is 10.4. The van der Waals surface area contributed by atoms with E-state index in [1.54, 1.807) is 6.07 Å². The molecule has 0 radical (unpaired) electrons. The van der Waals surface area contributed by atoms with Gasteiger partial charge in [-0.05, 0) is 23.6 Å². The van der Waals surface area contributed by atoms with Gasteiger partial charge in [0.25, 0.3) is 0 Å². The van der Waals surface area contributed by atoms with Gasteiger partial charge in [0, 0.05) is 21.7 Å². The van der Waals surface area contributed by atoms with Crippen LogP contribution in [0, 0.1) is 0 Å². The molecule has 0 aliphatic rings. The first kappa shape index (κ1) is 13.1. The zero-order valence-corrected chi connectivity index (χ0v) is 12.7. The van der Waals surface area contributed by atoms with Gasteiger partial charge in [0.2, 0.25) is 0 Å². The maximum atomic E-state index is 10.4. The van der Waals surface area contributed by atoms with Crippen molar-refractivity contribution < 1.29 is 10.2 Å². The number of rotatable bonds is 0. The number of H-pyrrole nitrogens is 2. The lowest BCUT2D eigenvalue weighted by atomic mass is 10.1. The Morgan fingerprint density at radius 3 is 2.38 bits per heavy atom. The fourth-order valence-electron chi connectivity index (χ4n) is 3.42. The second-order valence-electron chi connectivity index (χ2n) is 5.98. The highest BCUT2D eigenvalue weighted by molar-refractivity contribution is 6.12. The van der Waals surface area contributed by atoms with Crippen molar-refractivity contribution in [2.45, 2.75) is 0 Å². The van der Waals surface area contributed by atoms with Crippen LogP contribution in [0.2, 0.25) is 0 Å². The molecular weight excluding hydrogens is 300 g/mol. The Morgan fingerprint density at radius 1 is 0.625 bits per heavy atom. The standard InChI is InChI=1S/C20H14N2O2/c23-17-10-14-13-6-3-7-15(14)21-16-9-8-11-4-1-2-5-12(11)18(16)22-19(13)20(17)24/h1-10,21-24H. The van der Waals surface area contributed by atoms with Crippen molar-refractivity contribution in [3.63, 3.8) is 0 Å². The van der Waals surface area contributed by atoms with E-state index in [4.69, 9.17) is 0 Å². The summed E-state index contributed by atoms with van der Waals surface area (Å²) < 4.78 is 0. The highest BCUT2D eigenvalue weighted by Crippen LogP contribution is 2.38. The predicted molar refractivity (Wildman–Crippen MR) is 97.3 cm³/mol. The van der Waals surface area contributed by atoms with Crippen molar-refractivity contribution in [3.8, 4) is 11.5 Å². The lowest BCUT2D eigenvalue weighted by Crippen LogP contribution is -1.89. The smallest absolute Gasteiger partial charge is 0.182 e. The van der Waals surface area contributed by atoms with Crippen molar-refractivity contribution in [2.24, 2.45) is 0 Å². The molecule has 0 aliphatic heterocycles. The summed E-state index contributed by atoms with van der Waals surface area (Å²) in [5.41, 5.74) is 3.21. The molecular formula is C20H14N2O2. The van der Waals surface area contributed by atoms with Crippen LogP contribution >= 0.6 is 0 Å². The molecule has 5 rings (SSSR count). The first-order chi connectivity index (χ1) is 11.7. The first-order valence-electron chi connectivity index (χ1n) is 7.76. The van der Waals surface area contributed by atoms with Gasteiger partial charge in [0.05, 0.1) is 16.6 Å². The molecule has 0 amide bonds. The summed E-state index contributed by atoms with van der Waals surface area (Å²) in [5.74, 6) is -0.275. The normalized spacial score (nSPS) is 11.7. The summed E-state index contributed by atoms with van der Waals surface area (Å²) >= 11 is 0. The minimum Gasteiger partial charge on any atom is -0.504 e. The van der Waals surface area contributed by atoms with E-state index in [1.807, 2.05) is 48.5 Å². The number of benzene rings is 4. The van der Waals surface area contributed by atoms with Crippen molar-refractivity contribution in [1.82, 2.24) is 9.97 Å². The lowest BCUT2D eigenvalue weighted by molar-refractivity contribution is 0.408. The molecule has 0 aliphatic carbocycles. The van der Waals surface area contributed by atoms with Crippen molar-refractivity contribution in [1.29, 1.82) is 0 Å². The third kappa shape index (κ3) is 1.68. The SMILES string of the molecule is Oc1cc2c3cccc2c([nH]c2c(ccc4ccccc42)[nH]3)c1O. The number of fused-ring (bicyclic) bond motifs is 3. The Labute approximate surface area is 136 Å². The van der Waals surface area contributed by atoms with Gasteiger partial charge in [0.1, 0.15) is 0 Å². The van der Waals surface area contributed by atoms with Crippen LogP contribution in [0.15, 0.2) is 60.7 Å². The molecule has 5 aromatic rings. The Bertz CT molecular complexity index is 1280. The fourth-order valence-corrected chi connectivity index (χ4v) is 3.42. The molecule has 0 atom stereocenters. The third-order valence-corrected chi connectivity index (χ3v) is 4.58. The number of aromatic amines is 2. The van der Waals surface area contributed by atoms with Gasteiger partial charge in [-0.3, -0.25) is 0 Å². The zero-order valence-electron chi connectivity index (χ0n) is 12.7. The van der Waals surface area contributed by atoms with E-state index in [0.29, 0.717) is 5.52 Å². The zero-order chi connectivity index (χ0) is 16.3. The van der Waals surface area contributed by atoms with Crippen LogP contribution in [0.25, 0.3) is 43.6 Å². The average molecular weight is 314 g/mol. The summed E-state index contributed by atoms with van der Waals surface area (Å²) in [7, 11) is 0. The molecule has 116 valence electrons. The molecule has 4 heteroatoms. The molecule has 0 unspecified atom stereocenters. The summed E-state index contributed by atoms with van der Waals surface area (Å²) in [6, 6.07) is 19.6. The largest absolute Gasteiger partial charge is 0.504 e. The lowest BCUT2D eigenvalue weighted by Gasteiger charge is -2.11. The number of aromatic nitrogens is 2. The summed E-state index contributed by atoms with van der Waals surface area (Å²) in [4.78, 5) is 6.78. The van der Waals surface area contributed by atoms with Crippen LogP contribution in [-0.2, 0) is 0 Å². The molecule has 0 fully saturated rings. The minimum absolute atomic E-state index is 0.136. The highest BCUT2D eigenvalue weighted by Gasteiger charge is 2.11. The van der Waals surface area contributed by atoms with E-state index in [9.17, 15) is 10.2 Å². The Morgan fingerprint density at radius 2 is 1.46 bits per heavy atom. The summed E-state index contributed by atoms with van der Waals surface area (Å²) in [6.07, 6.45) is 0. The first-order valence-corrected chi connectivity index (χ1v) is 7.76. The molecule has 4 nitrogen and oxygen atoms in total. The van der Waals surface area contributed by atoms with Gasteiger partial charge >= 0.3 is 0 Å². The van der Waals surface area contributed by atoms with Gasteiger partial charge in [-0.2, -0.15) is 0 Å². The Hall–Kier alpha value is -3.40. The number of aromatic hydroxyl groups is 2. The number of hydrogen-bond donors (Lipinski definition) is 4. The second-order valence-corrected chi connectivity index (χ2v) is 5.98. The molecule has 4 aromatic carbocycles. The van der Waals surface area contributed by atoms with Gasteiger partial charge in [-0.15, -0.1) is 0 Å². The monoisotopic (exact) mass is 314 g/mol. The van der Waals surface area contributed by atoms with E-state index in [0.717, 1.165) is 38.1 Å². The third-order valence-electron chi connectivity index (χ3n) is 4.58. The van der Waals surface area contributed by atoms with Crippen molar-refractivity contribution in [2.75, 3.05) is 0 Å². The van der Waals surface area contributed by atoms with Crippen molar-refractivity contribution in [3.05, 3.63) is 60.7 Å². The van der Waals surface area contributed by atoms with Crippen molar-refractivity contribution >= 4 is 43.6 Å². The summed E-state index contributed by atoms with van der Waals surface area (Å²) in [5, 5.41) is 24.4. The Kier molecular flexibility index (Phi) is 2.48. The van der Waals surface area contributed by atoms with Crippen LogP contribution in [0.4, 0.5) is 0 Å². The molecule has 4 bridgehead atoms. The minimum atomic E-state index is -0.138. The highest BCUT2D eigenvalue weighted by atomic mass is 16.3. The van der Waals surface area contributed by atoms with E-state index in [1.165, 1.54) is 0 Å². The van der Waals surface area contributed by atoms with Gasteiger partial charge in [-0.1, -0.05) is 42.5 Å². The van der Waals surface area contributed by atoms with Gasteiger partial charge in [-0.25, -0.2) is 0 Å². The number of hydrogen-bond acceptors (Lipinski definition) is 2. The van der Waals surface area contributed by atoms with Crippen LogP contribution < -0.4 is 0 Å². The van der Waals surface area contributed by atoms with Gasteiger partial charge in [0.15, 0.2) is 11.5 Å². The summed E-state index contributed by atoms with van der Waals surface area (Å²) in [6.45, 7) is 0. The number of phenolic OH excluding ortho intramolecular Hbond substituents is 2. The van der Waals surface area contributed by atoms with Crippen LogP contribution in [0.1, 0.15) is 0 Å². The molecule has 0 saturated heterocycles. The van der Waals surface area contributed by atoms with E-state index >= 15 is 0 Å². The Balaban J connectivity index is 2.18. The van der Waals surface area contributed by atoms with E-state index < -0.39 is 0 Å². The molecule has 0 saturated carbocycles. The number of phenols is 2. The molecule has 1 heterocycles. The molecule has 0 spiro atoms. The second kappa shape index (κ2) is 4.55. The van der Waals surface area contributed by atoms with Gasteiger partial charge < -0.3 is 20.2 Å².